The third kappa shape index (κ3) is 4.04. The van der Waals surface area contributed by atoms with Gasteiger partial charge in [-0.3, -0.25) is 0 Å². The standard InChI is InChI=1S/C13H16F3N3OS/c14-13(15,16)10-6-5-9(11(17)21)12(19-10)18-7-1-3-8(20)4-2-7/h5-8,20H,1-4H2,(H2,17,21)(H,18,19). The quantitative estimate of drug-likeness (QED) is 0.747. The van der Waals surface area contributed by atoms with Gasteiger partial charge in [0.25, 0.3) is 0 Å². The summed E-state index contributed by atoms with van der Waals surface area (Å²) < 4.78 is 38.2. The van der Waals surface area contributed by atoms with Gasteiger partial charge in [0.05, 0.1) is 11.7 Å². The van der Waals surface area contributed by atoms with Crippen molar-refractivity contribution in [2.24, 2.45) is 5.73 Å². The van der Waals surface area contributed by atoms with Crippen molar-refractivity contribution in [2.45, 2.75) is 44.0 Å². The van der Waals surface area contributed by atoms with Crippen molar-refractivity contribution in [1.82, 2.24) is 4.98 Å². The molecule has 0 bridgehead atoms. The lowest BCUT2D eigenvalue weighted by Crippen LogP contribution is -2.30. The van der Waals surface area contributed by atoms with E-state index in [1.165, 1.54) is 6.07 Å². The normalized spacial score (nSPS) is 22.9. The third-order valence-corrected chi connectivity index (χ3v) is 3.71. The number of nitrogens with one attached hydrogen (secondary N) is 1. The number of aliphatic hydroxyl groups is 1. The van der Waals surface area contributed by atoms with E-state index in [1.54, 1.807) is 0 Å². The van der Waals surface area contributed by atoms with Gasteiger partial charge in [-0.1, -0.05) is 12.2 Å². The van der Waals surface area contributed by atoms with Gasteiger partial charge in [-0.2, -0.15) is 13.2 Å². The number of anilines is 1. The molecule has 0 aromatic carbocycles. The zero-order valence-corrected chi connectivity index (χ0v) is 12.0. The van der Waals surface area contributed by atoms with Crippen LogP contribution >= 0.6 is 12.2 Å². The number of thiocarbonyl (C=S) groups is 1. The minimum atomic E-state index is -4.52. The lowest BCUT2D eigenvalue weighted by atomic mass is 9.93. The second-order valence-corrected chi connectivity index (χ2v) is 5.54. The molecule has 1 aliphatic carbocycles. The van der Waals surface area contributed by atoms with E-state index in [-0.39, 0.29) is 23.0 Å². The van der Waals surface area contributed by atoms with Crippen molar-refractivity contribution in [1.29, 1.82) is 0 Å². The minimum absolute atomic E-state index is 0.00503. The molecule has 0 amide bonds. The first kappa shape index (κ1) is 16.0. The summed E-state index contributed by atoms with van der Waals surface area (Å²) in [6.45, 7) is 0. The van der Waals surface area contributed by atoms with Gasteiger partial charge in [0.15, 0.2) is 0 Å². The van der Waals surface area contributed by atoms with E-state index in [2.05, 4.69) is 10.3 Å². The summed E-state index contributed by atoms with van der Waals surface area (Å²) in [5.74, 6) is 0.0544. The Hall–Kier alpha value is -1.41. The Morgan fingerprint density at radius 2 is 1.90 bits per heavy atom. The summed E-state index contributed by atoms with van der Waals surface area (Å²) >= 11 is 4.85. The number of nitrogens with zero attached hydrogens (tertiary/aromatic N) is 1. The molecule has 1 aromatic rings. The molecule has 1 aromatic heterocycles. The first-order chi connectivity index (χ1) is 9.77. The molecule has 2 rings (SSSR count). The van der Waals surface area contributed by atoms with E-state index < -0.39 is 11.9 Å². The molecule has 0 spiro atoms. The fourth-order valence-corrected chi connectivity index (χ4v) is 2.50. The summed E-state index contributed by atoms with van der Waals surface area (Å²) in [7, 11) is 0. The Labute approximate surface area is 125 Å². The topological polar surface area (TPSA) is 71.2 Å². The predicted octanol–water partition coefficient (Wildman–Crippen LogP) is 2.45. The van der Waals surface area contributed by atoms with Crippen LogP contribution in [0, 0.1) is 0 Å². The van der Waals surface area contributed by atoms with Crippen LogP contribution in [0.5, 0.6) is 0 Å². The molecule has 4 nitrogen and oxygen atoms in total. The first-order valence-corrected chi connectivity index (χ1v) is 7.01. The van der Waals surface area contributed by atoms with Crippen LogP contribution in [0.2, 0.25) is 0 Å². The van der Waals surface area contributed by atoms with E-state index in [0.29, 0.717) is 31.2 Å². The lowest BCUT2D eigenvalue weighted by molar-refractivity contribution is -0.141. The van der Waals surface area contributed by atoms with Crippen LogP contribution in [0.4, 0.5) is 19.0 Å². The molecule has 1 fully saturated rings. The van der Waals surface area contributed by atoms with Crippen molar-refractivity contribution in [2.75, 3.05) is 5.32 Å². The highest BCUT2D eigenvalue weighted by atomic mass is 32.1. The fourth-order valence-electron chi connectivity index (χ4n) is 2.34. The van der Waals surface area contributed by atoms with E-state index in [9.17, 15) is 18.3 Å². The molecule has 0 saturated heterocycles. The van der Waals surface area contributed by atoms with Crippen molar-refractivity contribution < 1.29 is 18.3 Å². The number of halogens is 3. The maximum Gasteiger partial charge on any atom is 0.433 e. The molecular weight excluding hydrogens is 303 g/mol. The summed E-state index contributed by atoms with van der Waals surface area (Å²) in [5, 5.41) is 12.4. The zero-order chi connectivity index (χ0) is 15.6. The predicted molar refractivity (Wildman–Crippen MR) is 77.0 cm³/mol. The Morgan fingerprint density at radius 1 is 1.29 bits per heavy atom. The number of aliphatic hydroxyl groups excluding tert-OH is 1. The molecular formula is C13H16F3N3OS. The lowest BCUT2D eigenvalue weighted by Gasteiger charge is -2.27. The van der Waals surface area contributed by atoms with Gasteiger partial charge in [0, 0.05) is 6.04 Å². The monoisotopic (exact) mass is 319 g/mol. The number of rotatable bonds is 3. The van der Waals surface area contributed by atoms with Crippen molar-refractivity contribution >= 4 is 23.0 Å². The highest BCUT2D eigenvalue weighted by Gasteiger charge is 2.33. The van der Waals surface area contributed by atoms with Crippen molar-refractivity contribution in [3.8, 4) is 0 Å². The number of alkyl halides is 3. The third-order valence-electron chi connectivity index (χ3n) is 3.49. The molecule has 1 heterocycles. The second-order valence-electron chi connectivity index (χ2n) is 5.10. The van der Waals surface area contributed by atoms with E-state index >= 15 is 0 Å². The fraction of sp³-hybridized carbons (Fsp3) is 0.538. The Morgan fingerprint density at radius 3 is 2.43 bits per heavy atom. The molecule has 116 valence electrons. The van der Waals surface area contributed by atoms with Gasteiger partial charge in [-0.15, -0.1) is 0 Å². The van der Waals surface area contributed by atoms with Crippen molar-refractivity contribution in [3.05, 3.63) is 23.4 Å². The van der Waals surface area contributed by atoms with Crippen LogP contribution in [0.25, 0.3) is 0 Å². The number of aromatic nitrogens is 1. The van der Waals surface area contributed by atoms with E-state index in [0.717, 1.165) is 6.07 Å². The second kappa shape index (κ2) is 6.15. The Balaban J connectivity index is 2.24. The molecule has 0 unspecified atom stereocenters. The molecule has 1 aliphatic rings. The summed E-state index contributed by atoms with van der Waals surface area (Å²) in [5.41, 5.74) is 4.84. The van der Waals surface area contributed by atoms with Crippen LogP contribution in [0.15, 0.2) is 12.1 Å². The van der Waals surface area contributed by atoms with E-state index in [4.69, 9.17) is 18.0 Å². The van der Waals surface area contributed by atoms with Crippen LogP contribution < -0.4 is 11.1 Å². The van der Waals surface area contributed by atoms with Crippen molar-refractivity contribution in [3.63, 3.8) is 0 Å². The molecule has 4 N–H and O–H groups in total. The molecule has 8 heteroatoms. The number of hydrogen-bond acceptors (Lipinski definition) is 4. The molecule has 0 atom stereocenters. The molecule has 1 saturated carbocycles. The Kier molecular flexibility index (Phi) is 4.67. The van der Waals surface area contributed by atoms with Crippen LogP contribution in [0.1, 0.15) is 36.9 Å². The largest absolute Gasteiger partial charge is 0.433 e. The number of hydrogen-bond donors (Lipinski definition) is 3. The highest BCUT2D eigenvalue weighted by Crippen LogP contribution is 2.30. The average molecular weight is 319 g/mol. The van der Waals surface area contributed by atoms with Gasteiger partial charge in [0.1, 0.15) is 16.5 Å². The van der Waals surface area contributed by atoms with E-state index in [1.807, 2.05) is 0 Å². The van der Waals surface area contributed by atoms with Gasteiger partial charge in [-0.05, 0) is 37.8 Å². The summed E-state index contributed by atoms with van der Waals surface area (Å²) in [6, 6.07) is 2.06. The minimum Gasteiger partial charge on any atom is -0.393 e. The first-order valence-electron chi connectivity index (χ1n) is 6.60. The Bertz CT molecular complexity index is 528. The summed E-state index contributed by atoms with van der Waals surface area (Å²) in [4.78, 5) is 3.61. The highest BCUT2D eigenvalue weighted by molar-refractivity contribution is 7.80. The molecule has 21 heavy (non-hydrogen) atoms. The van der Waals surface area contributed by atoms with Crippen LogP contribution in [0.3, 0.4) is 0 Å². The van der Waals surface area contributed by atoms with Crippen LogP contribution in [-0.4, -0.2) is 27.2 Å². The van der Waals surface area contributed by atoms with Gasteiger partial charge in [0.2, 0.25) is 0 Å². The van der Waals surface area contributed by atoms with Crippen LogP contribution in [-0.2, 0) is 6.18 Å². The number of nitrogens with two attached hydrogens (primary N) is 1. The summed E-state index contributed by atoms with van der Waals surface area (Å²) in [6.07, 6.45) is -2.31. The average Bonchev–Trinajstić information content (AvgIpc) is 2.40. The SMILES string of the molecule is NC(=S)c1ccc(C(F)(F)F)nc1NC1CCC(O)CC1. The van der Waals surface area contributed by atoms with Gasteiger partial charge in [-0.25, -0.2) is 4.98 Å². The zero-order valence-electron chi connectivity index (χ0n) is 11.2. The smallest absolute Gasteiger partial charge is 0.393 e. The molecule has 0 radical (unpaired) electrons. The van der Waals surface area contributed by atoms with Gasteiger partial charge < -0.3 is 16.2 Å². The maximum atomic E-state index is 12.7. The maximum absolute atomic E-state index is 12.7. The van der Waals surface area contributed by atoms with Gasteiger partial charge >= 0.3 is 6.18 Å². The number of pyridine rings is 1. The molecule has 0 aliphatic heterocycles.